The van der Waals surface area contributed by atoms with Gasteiger partial charge in [0.25, 0.3) is 0 Å². The Kier molecular flexibility index (Phi) is 3.57. The van der Waals surface area contributed by atoms with Crippen LogP contribution in [0, 0.1) is 5.82 Å². The van der Waals surface area contributed by atoms with Crippen LogP contribution in [-0.2, 0) is 6.18 Å². The molecule has 100 valence electrons. The second kappa shape index (κ2) is 5.01. The number of hydrogen-bond donors (Lipinski definition) is 1. The van der Waals surface area contributed by atoms with E-state index in [0.717, 1.165) is 6.07 Å². The van der Waals surface area contributed by atoms with Crippen molar-refractivity contribution in [1.82, 2.24) is 0 Å². The first-order valence-electron chi connectivity index (χ1n) is 5.57. The molecule has 1 atom stereocenters. The average molecular weight is 269 g/mol. The van der Waals surface area contributed by atoms with Crippen molar-refractivity contribution in [2.45, 2.75) is 12.2 Å². The number of hydrogen-bond acceptors (Lipinski definition) is 1. The van der Waals surface area contributed by atoms with Crippen LogP contribution < -0.4 is 5.73 Å². The van der Waals surface area contributed by atoms with Gasteiger partial charge >= 0.3 is 6.18 Å². The molecule has 2 N–H and O–H groups in total. The van der Waals surface area contributed by atoms with Gasteiger partial charge in [-0.15, -0.1) is 0 Å². The minimum Gasteiger partial charge on any atom is -0.320 e. The molecule has 19 heavy (non-hydrogen) atoms. The van der Waals surface area contributed by atoms with Crippen molar-refractivity contribution >= 4 is 0 Å². The average Bonchev–Trinajstić information content (AvgIpc) is 2.38. The van der Waals surface area contributed by atoms with Crippen LogP contribution in [0.3, 0.4) is 0 Å². The van der Waals surface area contributed by atoms with Crippen LogP contribution in [0.2, 0.25) is 0 Å². The number of rotatable bonds is 2. The van der Waals surface area contributed by atoms with Crippen molar-refractivity contribution in [1.29, 1.82) is 0 Å². The zero-order chi connectivity index (χ0) is 14.0. The zero-order valence-corrected chi connectivity index (χ0v) is 9.79. The van der Waals surface area contributed by atoms with Gasteiger partial charge < -0.3 is 5.73 Å². The molecule has 0 fully saturated rings. The monoisotopic (exact) mass is 269 g/mol. The summed E-state index contributed by atoms with van der Waals surface area (Å²) >= 11 is 0. The van der Waals surface area contributed by atoms with Gasteiger partial charge in [-0.3, -0.25) is 0 Å². The van der Waals surface area contributed by atoms with Crippen molar-refractivity contribution in [3.05, 3.63) is 71.0 Å². The van der Waals surface area contributed by atoms with E-state index in [9.17, 15) is 17.6 Å². The molecule has 0 aromatic heterocycles. The molecule has 0 aliphatic heterocycles. The number of alkyl halides is 3. The van der Waals surface area contributed by atoms with Crippen LogP contribution in [0.25, 0.3) is 0 Å². The summed E-state index contributed by atoms with van der Waals surface area (Å²) in [4.78, 5) is 0. The maximum absolute atomic E-state index is 13.9. The fourth-order valence-electron chi connectivity index (χ4n) is 1.85. The Bertz CT molecular complexity index is 563. The van der Waals surface area contributed by atoms with Crippen molar-refractivity contribution in [2.75, 3.05) is 0 Å². The van der Waals surface area contributed by atoms with Gasteiger partial charge in [0.05, 0.1) is 11.6 Å². The lowest BCUT2D eigenvalue weighted by Gasteiger charge is -2.16. The molecule has 5 heteroatoms. The van der Waals surface area contributed by atoms with E-state index in [2.05, 4.69) is 0 Å². The second-order valence-corrected chi connectivity index (χ2v) is 4.09. The minimum atomic E-state index is -4.73. The molecule has 0 radical (unpaired) electrons. The molecule has 2 aromatic rings. The van der Waals surface area contributed by atoms with E-state index in [1.54, 1.807) is 30.3 Å². The Balaban J connectivity index is 2.47. The highest BCUT2D eigenvalue weighted by Gasteiger charge is 2.35. The topological polar surface area (TPSA) is 26.0 Å². The summed E-state index contributed by atoms with van der Waals surface area (Å²) in [6.07, 6.45) is -4.73. The van der Waals surface area contributed by atoms with Crippen LogP contribution in [0.15, 0.2) is 48.5 Å². The lowest BCUT2D eigenvalue weighted by Crippen LogP contribution is -2.17. The van der Waals surface area contributed by atoms with E-state index in [1.807, 2.05) is 0 Å². The molecule has 0 amide bonds. The van der Waals surface area contributed by atoms with Crippen LogP contribution in [0.1, 0.15) is 22.7 Å². The van der Waals surface area contributed by atoms with Crippen LogP contribution in [0.5, 0.6) is 0 Å². The van der Waals surface area contributed by atoms with Crippen molar-refractivity contribution < 1.29 is 17.6 Å². The quantitative estimate of drug-likeness (QED) is 0.822. The maximum Gasteiger partial charge on any atom is 0.419 e. The van der Waals surface area contributed by atoms with E-state index in [0.29, 0.717) is 11.6 Å². The highest BCUT2D eigenvalue weighted by atomic mass is 19.4. The molecule has 0 heterocycles. The summed E-state index contributed by atoms with van der Waals surface area (Å²) in [5.41, 5.74) is 4.92. The molecule has 0 aliphatic rings. The van der Waals surface area contributed by atoms with Crippen LogP contribution in [0.4, 0.5) is 17.6 Å². The normalized spacial score (nSPS) is 13.3. The summed E-state index contributed by atoms with van der Waals surface area (Å²) in [7, 11) is 0. The van der Waals surface area contributed by atoms with Gasteiger partial charge in [0.1, 0.15) is 5.82 Å². The molecule has 0 spiro atoms. The largest absolute Gasteiger partial charge is 0.419 e. The number of benzene rings is 2. The third-order valence-electron chi connectivity index (χ3n) is 2.83. The molecular weight excluding hydrogens is 258 g/mol. The molecule has 0 saturated heterocycles. The lowest BCUT2D eigenvalue weighted by molar-refractivity contribution is -0.140. The minimum absolute atomic E-state index is 0.166. The van der Waals surface area contributed by atoms with Gasteiger partial charge in [0.2, 0.25) is 0 Å². The fraction of sp³-hybridized carbons (Fsp3) is 0.143. The first-order valence-corrected chi connectivity index (χ1v) is 5.57. The third kappa shape index (κ3) is 2.76. The van der Waals surface area contributed by atoms with E-state index >= 15 is 0 Å². The third-order valence-corrected chi connectivity index (χ3v) is 2.83. The Labute approximate surface area is 107 Å². The van der Waals surface area contributed by atoms with Gasteiger partial charge in [0.15, 0.2) is 0 Å². The number of halogens is 4. The standard InChI is InChI=1S/C14H11F4N/c15-12-10(7-4-8-11(12)14(16,17)18)13(19)9-5-2-1-3-6-9/h1-8,13H,19H2/t13-/m0/s1. The maximum atomic E-state index is 13.9. The van der Waals surface area contributed by atoms with E-state index in [1.165, 1.54) is 6.07 Å². The van der Waals surface area contributed by atoms with E-state index in [4.69, 9.17) is 5.73 Å². The first-order chi connectivity index (χ1) is 8.91. The Morgan fingerprint density at radius 1 is 0.895 bits per heavy atom. The predicted octanol–water partition coefficient (Wildman–Crippen LogP) is 3.89. The summed E-state index contributed by atoms with van der Waals surface area (Å²) in [5, 5.41) is 0. The van der Waals surface area contributed by atoms with Gasteiger partial charge in [-0.2, -0.15) is 13.2 Å². The Morgan fingerprint density at radius 3 is 2.11 bits per heavy atom. The SMILES string of the molecule is N[C@@H](c1ccccc1)c1cccc(C(F)(F)F)c1F. The predicted molar refractivity (Wildman–Crippen MR) is 63.9 cm³/mol. The van der Waals surface area contributed by atoms with Crippen LogP contribution in [-0.4, -0.2) is 0 Å². The molecule has 1 nitrogen and oxygen atoms in total. The summed E-state index contributed by atoms with van der Waals surface area (Å²) in [5.74, 6) is -1.31. The van der Waals surface area contributed by atoms with Gasteiger partial charge in [-0.1, -0.05) is 42.5 Å². The highest BCUT2D eigenvalue weighted by molar-refractivity contribution is 5.36. The van der Waals surface area contributed by atoms with E-state index < -0.39 is 23.6 Å². The smallest absolute Gasteiger partial charge is 0.320 e. The molecule has 0 aliphatic carbocycles. The van der Waals surface area contributed by atoms with Crippen molar-refractivity contribution in [2.24, 2.45) is 5.73 Å². The van der Waals surface area contributed by atoms with Crippen LogP contribution >= 0.6 is 0 Å². The molecule has 2 aromatic carbocycles. The molecule has 0 unspecified atom stereocenters. The first kappa shape index (κ1) is 13.5. The molecule has 2 rings (SSSR count). The van der Waals surface area contributed by atoms with Crippen molar-refractivity contribution in [3.63, 3.8) is 0 Å². The molecule has 0 saturated carbocycles. The van der Waals surface area contributed by atoms with Gasteiger partial charge in [0, 0.05) is 5.56 Å². The summed E-state index contributed by atoms with van der Waals surface area (Å²) in [6, 6.07) is 10.6. The molecular formula is C14H11F4N. The zero-order valence-electron chi connectivity index (χ0n) is 9.79. The van der Waals surface area contributed by atoms with E-state index in [-0.39, 0.29) is 5.56 Å². The number of nitrogens with two attached hydrogens (primary N) is 1. The fourth-order valence-corrected chi connectivity index (χ4v) is 1.85. The van der Waals surface area contributed by atoms with Gasteiger partial charge in [-0.05, 0) is 11.6 Å². The van der Waals surface area contributed by atoms with Gasteiger partial charge in [-0.25, -0.2) is 4.39 Å². The second-order valence-electron chi connectivity index (χ2n) is 4.09. The highest BCUT2D eigenvalue weighted by Crippen LogP contribution is 2.34. The molecule has 0 bridgehead atoms. The Morgan fingerprint density at radius 2 is 1.53 bits per heavy atom. The lowest BCUT2D eigenvalue weighted by atomic mass is 9.97. The Hall–Kier alpha value is -1.88. The summed E-state index contributed by atoms with van der Waals surface area (Å²) in [6.45, 7) is 0. The van der Waals surface area contributed by atoms with Crippen molar-refractivity contribution in [3.8, 4) is 0 Å². The summed E-state index contributed by atoms with van der Waals surface area (Å²) < 4.78 is 51.7.